The van der Waals surface area contributed by atoms with Crippen molar-refractivity contribution < 1.29 is 4.74 Å². The Morgan fingerprint density at radius 3 is 3.06 bits per heavy atom. The third kappa shape index (κ3) is 2.03. The monoisotopic (exact) mass is 245 g/mol. The molecule has 1 saturated carbocycles. The van der Waals surface area contributed by atoms with Gasteiger partial charge in [0, 0.05) is 6.42 Å². The maximum atomic E-state index is 5.98. The summed E-state index contributed by atoms with van der Waals surface area (Å²) in [6, 6.07) is 6.65. The van der Waals surface area contributed by atoms with E-state index in [9.17, 15) is 0 Å². The topological polar surface area (TPSA) is 35.2 Å². The standard InChI is InChI=1S/C16H23NO/c1-11-5-6-13(10-17)15(9-11)14-4-2-3-12-7-8-18-16(12)14/h2-4,11,13,15H,5-10,17H2,1H3. The van der Waals surface area contributed by atoms with E-state index in [0.29, 0.717) is 11.8 Å². The fourth-order valence-electron chi connectivity index (χ4n) is 3.64. The molecule has 2 aliphatic rings. The highest BCUT2D eigenvalue weighted by Crippen LogP contribution is 2.45. The summed E-state index contributed by atoms with van der Waals surface area (Å²) < 4.78 is 5.87. The van der Waals surface area contributed by atoms with Crippen LogP contribution in [-0.2, 0) is 6.42 Å². The van der Waals surface area contributed by atoms with Gasteiger partial charge in [-0.3, -0.25) is 0 Å². The second-order valence-electron chi connectivity index (χ2n) is 5.95. The fourth-order valence-corrected chi connectivity index (χ4v) is 3.64. The Morgan fingerprint density at radius 2 is 2.22 bits per heavy atom. The lowest BCUT2D eigenvalue weighted by atomic mass is 9.71. The molecule has 2 heteroatoms. The van der Waals surface area contributed by atoms with E-state index >= 15 is 0 Å². The van der Waals surface area contributed by atoms with Gasteiger partial charge in [0.15, 0.2) is 0 Å². The highest BCUT2D eigenvalue weighted by atomic mass is 16.5. The molecule has 98 valence electrons. The van der Waals surface area contributed by atoms with E-state index in [0.717, 1.165) is 25.5 Å². The zero-order valence-electron chi connectivity index (χ0n) is 11.2. The van der Waals surface area contributed by atoms with Crippen molar-refractivity contribution in [3.63, 3.8) is 0 Å². The Balaban J connectivity index is 1.95. The molecule has 1 heterocycles. The molecule has 1 aliphatic carbocycles. The smallest absolute Gasteiger partial charge is 0.126 e. The van der Waals surface area contributed by atoms with E-state index in [1.54, 1.807) is 0 Å². The van der Waals surface area contributed by atoms with Gasteiger partial charge in [-0.15, -0.1) is 0 Å². The van der Waals surface area contributed by atoms with Crippen molar-refractivity contribution in [1.29, 1.82) is 0 Å². The summed E-state index contributed by atoms with van der Waals surface area (Å²) in [5.41, 5.74) is 8.79. The molecule has 3 atom stereocenters. The van der Waals surface area contributed by atoms with Crippen molar-refractivity contribution in [3.05, 3.63) is 29.3 Å². The molecule has 0 radical (unpaired) electrons. The van der Waals surface area contributed by atoms with Crippen LogP contribution < -0.4 is 10.5 Å². The van der Waals surface area contributed by atoms with E-state index in [1.807, 2.05) is 0 Å². The normalized spacial score (nSPS) is 30.9. The van der Waals surface area contributed by atoms with Gasteiger partial charge in [-0.2, -0.15) is 0 Å². The molecule has 2 nitrogen and oxygen atoms in total. The Bertz CT molecular complexity index is 429. The average Bonchev–Trinajstić information content (AvgIpc) is 2.86. The summed E-state index contributed by atoms with van der Waals surface area (Å²) in [5.74, 6) is 3.23. The Morgan fingerprint density at radius 1 is 1.33 bits per heavy atom. The SMILES string of the molecule is CC1CCC(CN)C(c2cccc3c2OCC3)C1. The molecule has 1 aliphatic heterocycles. The lowest BCUT2D eigenvalue weighted by Gasteiger charge is -2.35. The third-order valence-electron chi connectivity index (χ3n) is 4.70. The van der Waals surface area contributed by atoms with Gasteiger partial charge in [-0.05, 0) is 48.3 Å². The van der Waals surface area contributed by atoms with Crippen molar-refractivity contribution in [2.75, 3.05) is 13.2 Å². The summed E-state index contributed by atoms with van der Waals surface area (Å²) in [6.07, 6.45) is 4.93. The van der Waals surface area contributed by atoms with Gasteiger partial charge in [0.25, 0.3) is 0 Å². The fraction of sp³-hybridized carbons (Fsp3) is 0.625. The minimum absolute atomic E-state index is 0.604. The second kappa shape index (κ2) is 4.93. The minimum Gasteiger partial charge on any atom is -0.493 e. The van der Waals surface area contributed by atoms with Crippen LogP contribution in [0.3, 0.4) is 0 Å². The molecule has 0 aromatic heterocycles. The van der Waals surface area contributed by atoms with Crippen LogP contribution in [0.5, 0.6) is 5.75 Å². The first-order chi connectivity index (χ1) is 8.79. The Kier molecular flexibility index (Phi) is 3.29. The molecule has 3 unspecified atom stereocenters. The summed E-state index contributed by atoms with van der Waals surface area (Å²) >= 11 is 0. The largest absolute Gasteiger partial charge is 0.493 e. The maximum Gasteiger partial charge on any atom is 0.126 e. The molecule has 1 aromatic rings. The van der Waals surface area contributed by atoms with Gasteiger partial charge in [0.2, 0.25) is 0 Å². The van der Waals surface area contributed by atoms with Crippen molar-refractivity contribution in [1.82, 2.24) is 0 Å². The van der Waals surface area contributed by atoms with Gasteiger partial charge in [0.1, 0.15) is 5.75 Å². The molecule has 0 amide bonds. The van der Waals surface area contributed by atoms with Gasteiger partial charge in [0.05, 0.1) is 6.61 Å². The van der Waals surface area contributed by atoms with E-state index in [4.69, 9.17) is 10.5 Å². The van der Waals surface area contributed by atoms with Crippen LogP contribution in [-0.4, -0.2) is 13.2 Å². The van der Waals surface area contributed by atoms with Crippen LogP contribution in [0.4, 0.5) is 0 Å². The van der Waals surface area contributed by atoms with Crippen LogP contribution in [0.1, 0.15) is 43.2 Å². The predicted molar refractivity (Wildman–Crippen MR) is 73.9 cm³/mol. The highest BCUT2D eigenvalue weighted by Gasteiger charge is 2.32. The number of ether oxygens (including phenoxy) is 1. The third-order valence-corrected chi connectivity index (χ3v) is 4.70. The van der Waals surface area contributed by atoms with Crippen LogP contribution in [0, 0.1) is 11.8 Å². The lowest BCUT2D eigenvalue weighted by Crippen LogP contribution is -2.28. The number of rotatable bonds is 2. The molecule has 1 aromatic carbocycles. The van der Waals surface area contributed by atoms with Gasteiger partial charge in [-0.25, -0.2) is 0 Å². The first-order valence-corrected chi connectivity index (χ1v) is 7.24. The lowest BCUT2D eigenvalue weighted by molar-refractivity contribution is 0.247. The zero-order valence-corrected chi connectivity index (χ0v) is 11.2. The molecule has 0 bridgehead atoms. The summed E-state index contributed by atoms with van der Waals surface area (Å²) in [5, 5.41) is 0. The molecule has 0 saturated heterocycles. The average molecular weight is 245 g/mol. The number of nitrogens with two attached hydrogens (primary N) is 1. The van der Waals surface area contributed by atoms with Crippen LogP contribution >= 0.6 is 0 Å². The first kappa shape index (κ1) is 12.0. The molecule has 2 N–H and O–H groups in total. The van der Waals surface area contributed by atoms with E-state index in [2.05, 4.69) is 25.1 Å². The summed E-state index contributed by atoms with van der Waals surface area (Å²) in [6.45, 7) is 4.02. The molecular weight excluding hydrogens is 222 g/mol. The second-order valence-corrected chi connectivity index (χ2v) is 5.95. The summed E-state index contributed by atoms with van der Waals surface area (Å²) in [7, 11) is 0. The van der Waals surface area contributed by atoms with E-state index in [1.165, 1.54) is 36.1 Å². The number of benzene rings is 1. The molecule has 1 fully saturated rings. The quantitative estimate of drug-likeness (QED) is 0.869. The van der Waals surface area contributed by atoms with Gasteiger partial charge >= 0.3 is 0 Å². The van der Waals surface area contributed by atoms with Crippen LogP contribution in [0.2, 0.25) is 0 Å². The minimum atomic E-state index is 0.604. The Labute approximate surface area is 110 Å². The van der Waals surface area contributed by atoms with Crippen LogP contribution in [0.25, 0.3) is 0 Å². The van der Waals surface area contributed by atoms with Gasteiger partial charge in [-0.1, -0.05) is 31.5 Å². The molecular formula is C16H23NO. The van der Waals surface area contributed by atoms with Crippen LogP contribution in [0.15, 0.2) is 18.2 Å². The maximum absolute atomic E-state index is 5.98. The van der Waals surface area contributed by atoms with Gasteiger partial charge < -0.3 is 10.5 Å². The van der Waals surface area contributed by atoms with E-state index < -0.39 is 0 Å². The number of hydrogen-bond donors (Lipinski definition) is 1. The van der Waals surface area contributed by atoms with Crippen molar-refractivity contribution >= 4 is 0 Å². The predicted octanol–water partition coefficient (Wildman–Crippen LogP) is 3.10. The molecule has 3 rings (SSSR count). The Hall–Kier alpha value is -1.02. The first-order valence-electron chi connectivity index (χ1n) is 7.24. The highest BCUT2D eigenvalue weighted by molar-refractivity contribution is 5.46. The molecule has 0 spiro atoms. The zero-order chi connectivity index (χ0) is 12.5. The number of fused-ring (bicyclic) bond motifs is 1. The van der Waals surface area contributed by atoms with Crippen molar-refractivity contribution in [2.45, 2.75) is 38.5 Å². The van der Waals surface area contributed by atoms with E-state index in [-0.39, 0.29) is 0 Å². The van der Waals surface area contributed by atoms with Crippen molar-refractivity contribution in [3.8, 4) is 5.75 Å². The summed E-state index contributed by atoms with van der Waals surface area (Å²) in [4.78, 5) is 0. The molecule has 18 heavy (non-hydrogen) atoms. The number of hydrogen-bond acceptors (Lipinski definition) is 2. The number of para-hydroxylation sites is 1. The van der Waals surface area contributed by atoms with Crippen molar-refractivity contribution in [2.24, 2.45) is 17.6 Å².